The topological polar surface area (TPSA) is 96.6 Å². The second kappa shape index (κ2) is 5.58. The first-order valence-electron chi connectivity index (χ1n) is 5.97. The van der Waals surface area contributed by atoms with Crippen molar-refractivity contribution >= 4 is 11.8 Å². The number of hydrogen-bond donors (Lipinski definition) is 3. The first-order valence-corrected chi connectivity index (χ1v) is 5.97. The molecular formula is C12H21N3O4. The first kappa shape index (κ1) is 15.5. The van der Waals surface area contributed by atoms with E-state index in [1.807, 2.05) is 0 Å². The second-order valence-electron chi connectivity index (χ2n) is 5.61. The third kappa shape index (κ3) is 4.22. The van der Waals surface area contributed by atoms with Gasteiger partial charge in [0.15, 0.2) is 0 Å². The smallest absolute Gasteiger partial charge is 0.412 e. The molecule has 7 nitrogen and oxygen atoms in total. The lowest BCUT2D eigenvalue weighted by Crippen LogP contribution is -2.38. The van der Waals surface area contributed by atoms with Crippen LogP contribution in [0.3, 0.4) is 0 Å². The Bertz CT molecular complexity index is 432. The zero-order chi connectivity index (χ0) is 14.7. The molecule has 1 aromatic rings. The molecular weight excluding hydrogens is 250 g/mol. The Morgan fingerprint density at radius 3 is 2.42 bits per heavy atom. The van der Waals surface area contributed by atoms with E-state index in [-0.39, 0.29) is 13.2 Å². The Hall–Kier alpha value is -1.60. The molecule has 0 spiro atoms. The largest absolute Gasteiger partial charge is 0.444 e. The number of anilines is 1. The van der Waals surface area contributed by atoms with Crippen molar-refractivity contribution in [2.24, 2.45) is 0 Å². The zero-order valence-electron chi connectivity index (χ0n) is 11.7. The molecule has 0 bridgehead atoms. The van der Waals surface area contributed by atoms with Crippen LogP contribution in [0.25, 0.3) is 0 Å². The molecule has 0 fully saturated rings. The lowest BCUT2D eigenvalue weighted by Gasteiger charge is -2.25. The van der Waals surface area contributed by atoms with Gasteiger partial charge in [0.25, 0.3) is 0 Å². The van der Waals surface area contributed by atoms with Gasteiger partial charge in [-0.1, -0.05) is 0 Å². The summed E-state index contributed by atoms with van der Waals surface area (Å²) in [7, 11) is 0. The van der Waals surface area contributed by atoms with Crippen molar-refractivity contribution in [3.05, 3.63) is 12.4 Å². The van der Waals surface area contributed by atoms with Gasteiger partial charge in [-0.2, -0.15) is 5.10 Å². The number of carbonyl (C=O) groups is 1. The minimum absolute atomic E-state index is 0.267. The Morgan fingerprint density at radius 1 is 1.37 bits per heavy atom. The van der Waals surface area contributed by atoms with Gasteiger partial charge in [-0.25, -0.2) is 4.79 Å². The molecule has 108 valence electrons. The Balaban J connectivity index is 2.73. The molecule has 1 amide bonds. The fraction of sp³-hybridized carbons (Fsp3) is 0.667. The van der Waals surface area contributed by atoms with E-state index in [4.69, 9.17) is 4.74 Å². The van der Waals surface area contributed by atoms with Crippen LogP contribution in [0.1, 0.15) is 27.7 Å². The molecule has 0 aliphatic carbocycles. The van der Waals surface area contributed by atoms with E-state index in [0.717, 1.165) is 0 Å². The summed E-state index contributed by atoms with van der Waals surface area (Å²) >= 11 is 0. The summed E-state index contributed by atoms with van der Waals surface area (Å²) in [6.07, 6.45) is 2.37. The van der Waals surface area contributed by atoms with Crippen molar-refractivity contribution in [1.29, 1.82) is 0 Å². The number of ether oxygens (including phenoxy) is 1. The molecule has 1 heterocycles. The van der Waals surface area contributed by atoms with Crippen molar-refractivity contribution in [3.8, 4) is 0 Å². The summed E-state index contributed by atoms with van der Waals surface area (Å²) in [6.45, 7) is 6.42. The first-order chi connectivity index (χ1) is 8.70. The highest BCUT2D eigenvalue weighted by Crippen LogP contribution is 2.17. The van der Waals surface area contributed by atoms with E-state index < -0.39 is 17.2 Å². The van der Waals surface area contributed by atoms with Crippen molar-refractivity contribution in [3.63, 3.8) is 0 Å². The van der Waals surface area contributed by atoms with Gasteiger partial charge in [-0.3, -0.25) is 10.00 Å². The lowest BCUT2D eigenvalue weighted by molar-refractivity contribution is 0.0635. The molecule has 0 aliphatic rings. The monoisotopic (exact) mass is 271 g/mol. The molecule has 1 rings (SSSR count). The Labute approximate surface area is 112 Å². The van der Waals surface area contributed by atoms with Crippen LogP contribution < -0.4 is 5.32 Å². The molecule has 19 heavy (non-hydrogen) atoms. The lowest BCUT2D eigenvalue weighted by atomic mass is 10.1. The van der Waals surface area contributed by atoms with E-state index in [0.29, 0.717) is 5.69 Å². The number of aliphatic hydroxyl groups excluding tert-OH is 2. The van der Waals surface area contributed by atoms with Crippen LogP contribution >= 0.6 is 0 Å². The molecule has 0 aliphatic heterocycles. The molecule has 0 unspecified atom stereocenters. The van der Waals surface area contributed by atoms with Crippen LogP contribution in [-0.4, -0.2) is 44.9 Å². The van der Waals surface area contributed by atoms with Crippen molar-refractivity contribution in [2.45, 2.75) is 38.8 Å². The zero-order valence-corrected chi connectivity index (χ0v) is 11.7. The Morgan fingerprint density at radius 2 is 1.95 bits per heavy atom. The molecule has 0 saturated heterocycles. The van der Waals surface area contributed by atoms with Gasteiger partial charge in [0.1, 0.15) is 11.1 Å². The third-order valence-electron chi connectivity index (χ3n) is 2.46. The molecule has 0 atom stereocenters. The highest BCUT2D eigenvalue weighted by atomic mass is 16.6. The summed E-state index contributed by atoms with van der Waals surface area (Å²) in [5.41, 5.74) is -1.05. The normalized spacial score (nSPS) is 12.3. The van der Waals surface area contributed by atoms with Crippen LogP contribution in [0.5, 0.6) is 0 Å². The predicted molar refractivity (Wildman–Crippen MR) is 69.9 cm³/mol. The van der Waals surface area contributed by atoms with Crippen molar-refractivity contribution in [1.82, 2.24) is 9.78 Å². The second-order valence-corrected chi connectivity index (χ2v) is 5.61. The Kier molecular flexibility index (Phi) is 4.54. The summed E-state index contributed by atoms with van der Waals surface area (Å²) in [5.74, 6) is 0. The van der Waals surface area contributed by atoms with E-state index in [1.165, 1.54) is 17.1 Å². The quantitative estimate of drug-likeness (QED) is 0.757. The average molecular weight is 271 g/mol. The minimum Gasteiger partial charge on any atom is -0.444 e. The number of nitrogens with one attached hydrogen (secondary N) is 1. The average Bonchev–Trinajstić information content (AvgIpc) is 2.74. The molecule has 0 aromatic carbocycles. The number of aliphatic hydroxyl groups is 2. The summed E-state index contributed by atoms with van der Waals surface area (Å²) in [6, 6.07) is 0. The summed E-state index contributed by atoms with van der Waals surface area (Å²) in [5, 5.41) is 25.0. The van der Waals surface area contributed by atoms with Crippen molar-refractivity contribution < 1.29 is 19.7 Å². The minimum atomic E-state index is -0.909. The SMILES string of the molecule is CC(C)(C)OC(=O)Nc1cnn(C(C)(CO)CO)c1. The number of amides is 1. The van der Waals surface area contributed by atoms with Gasteiger partial charge in [0.2, 0.25) is 0 Å². The van der Waals surface area contributed by atoms with E-state index in [1.54, 1.807) is 27.7 Å². The maximum atomic E-state index is 11.6. The van der Waals surface area contributed by atoms with E-state index >= 15 is 0 Å². The number of nitrogens with zero attached hydrogens (tertiary/aromatic N) is 2. The number of hydrogen-bond acceptors (Lipinski definition) is 5. The summed E-state index contributed by atoms with van der Waals surface area (Å²) in [4.78, 5) is 11.6. The van der Waals surface area contributed by atoms with Gasteiger partial charge in [-0.15, -0.1) is 0 Å². The van der Waals surface area contributed by atoms with Crippen LogP contribution in [0, 0.1) is 0 Å². The maximum Gasteiger partial charge on any atom is 0.412 e. The van der Waals surface area contributed by atoms with E-state index in [9.17, 15) is 15.0 Å². The summed E-state index contributed by atoms with van der Waals surface area (Å²) < 4.78 is 6.51. The standard InChI is InChI=1S/C12H21N3O4/c1-11(2,3)19-10(18)14-9-5-13-15(6-9)12(4,7-16)8-17/h5-6,16-17H,7-8H2,1-4H3,(H,14,18). The van der Waals surface area contributed by atoms with Gasteiger partial charge >= 0.3 is 6.09 Å². The van der Waals surface area contributed by atoms with Gasteiger partial charge in [0, 0.05) is 6.20 Å². The van der Waals surface area contributed by atoms with Crippen LogP contribution in [0.15, 0.2) is 12.4 Å². The number of carbonyl (C=O) groups excluding carboxylic acids is 1. The van der Waals surface area contributed by atoms with Crippen LogP contribution in [0.2, 0.25) is 0 Å². The van der Waals surface area contributed by atoms with E-state index in [2.05, 4.69) is 10.4 Å². The molecule has 1 aromatic heterocycles. The number of rotatable bonds is 4. The molecule has 0 radical (unpaired) electrons. The highest BCUT2D eigenvalue weighted by Gasteiger charge is 2.26. The fourth-order valence-corrected chi connectivity index (χ4v) is 1.30. The van der Waals surface area contributed by atoms with Crippen molar-refractivity contribution in [2.75, 3.05) is 18.5 Å². The van der Waals surface area contributed by atoms with Gasteiger partial charge < -0.3 is 14.9 Å². The van der Waals surface area contributed by atoms with Crippen LogP contribution in [-0.2, 0) is 10.3 Å². The fourth-order valence-electron chi connectivity index (χ4n) is 1.30. The molecule has 0 saturated carbocycles. The third-order valence-corrected chi connectivity index (χ3v) is 2.46. The predicted octanol–water partition coefficient (Wildman–Crippen LogP) is 0.930. The van der Waals surface area contributed by atoms with Crippen LogP contribution in [0.4, 0.5) is 10.5 Å². The molecule has 3 N–H and O–H groups in total. The van der Waals surface area contributed by atoms with Gasteiger partial charge in [-0.05, 0) is 27.7 Å². The van der Waals surface area contributed by atoms with Gasteiger partial charge in [0.05, 0.1) is 25.1 Å². The number of aromatic nitrogens is 2. The molecule has 7 heteroatoms. The highest BCUT2D eigenvalue weighted by molar-refractivity contribution is 5.84. The maximum absolute atomic E-state index is 11.6.